The van der Waals surface area contributed by atoms with Gasteiger partial charge in [0.2, 0.25) is 5.91 Å². The molecule has 0 atom stereocenters. The van der Waals surface area contributed by atoms with E-state index in [1.54, 1.807) is 13.1 Å². The van der Waals surface area contributed by atoms with Crippen molar-refractivity contribution in [3.05, 3.63) is 47.9 Å². The topological polar surface area (TPSA) is 73.8 Å². The van der Waals surface area contributed by atoms with Gasteiger partial charge in [0.1, 0.15) is 11.6 Å². The fourth-order valence-electron chi connectivity index (χ4n) is 1.51. The number of allylic oxidation sites excluding steroid dienone is 4. The summed E-state index contributed by atoms with van der Waals surface area (Å²) in [5.41, 5.74) is 0.755. The number of ether oxygens (including phenoxy) is 1. The molecule has 1 rings (SSSR count). The fourth-order valence-corrected chi connectivity index (χ4v) is 1.51. The molecular formula is C14H17N2O3-. The van der Waals surface area contributed by atoms with Crippen LogP contribution in [-0.2, 0) is 9.53 Å². The first-order valence-electron chi connectivity index (χ1n) is 5.92. The second kappa shape index (κ2) is 7.20. The lowest BCUT2D eigenvalue weighted by atomic mass is 10.1. The maximum atomic E-state index is 11.3. The Hall–Kier alpha value is -2.30. The van der Waals surface area contributed by atoms with Crippen molar-refractivity contribution < 1.29 is 14.6 Å². The van der Waals surface area contributed by atoms with Crippen molar-refractivity contribution >= 4 is 12.1 Å². The SMILES string of the molecule is C=C(O/C=C/C=C(\C)[O-])C1=C(N=CC)NC(=O)CC1. The van der Waals surface area contributed by atoms with Crippen LogP contribution < -0.4 is 10.4 Å². The van der Waals surface area contributed by atoms with E-state index >= 15 is 0 Å². The molecule has 0 aromatic rings. The van der Waals surface area contributed by atoms with E-state index in [0.29, 0.717) is 24.4 Å². The second-order valence-corrected chi connectivity index (χ2v) is 3.91. The molecule has 5 nitrogen and oxygen atoms in total. The van der Waals surface area contributed by atoms with E-state index in [2.05, 4.69) is 16.9 Å². The van der Waals surface area contributed by atoms with Crippen LogP contribution in [0, 0.1) is 0 Å². The Bertz CT molecular complexity index is 481. The molecule has 0 spiro atoms. The molecular weight excluding hydrogens is 244 g/mol. The van der Waals surface area contributed by atoms with Crippen molar-refractivity contribution in [2.24, 2.45) is 4.99 Å². The molecule has 19 heavy (non-hydrogen) atoms. The highest BCUT2D eigenvalue weighted by Gasteiger charge is 2.19. The first kappa shape index (κ1) is 14.8. The van der Waals surface area contributed by atoms with E-state index < -0.39 is 0 Å². The zero-order chi connectivity index (χ0) is 14.3. The molecule has 0 bridgehead atoms. The summed E-state index contributed by atoms with van der Waals surface area (Å²) >= 11 is 0. The number of nitrogens with one attached hydrogen (secondary N) is 1. The summed E-state index contributed by atoms with van der Waals surface area (Å²) < 4.78 is 5.30. The predicted octanol–water partition coefficient (Wildman–Crippen LogP) is 1.51. The van der Waals surface area contributed by atoms with Gasteiger partial charge in [-0.05, 0) is 19.4 Å². The number of hydrogen-bond acceptors (Lipinski definition) is 4. The molecule has 0 aromatic heterocycles. The molecule has 0 saturated carbocycles. The van der Waals surface area contributed by atoms with Crippen molar-refractivity contribution in [2.75, 3.05) is 0 Å². The quantitative estimate of drug-likeness (QED) is 0.463. The van der Waals surface area contributed by atoms with Gasteiger partial charge in [0, 0.05) is 18.2 Å². The van der Waals surface area contributed by atoms with E-state index in [-0.39, 0.29) is 11.7 Å². The third kappa shape index (κ3) is 4.83. The first-order valence-corrected chi connectivity index (χ1v) is 5.92. The van der Waals surface area contributed by atoms with Crippen molar-refractivity contribution in [1.82, 2.24) is 5.32 Å². The molecule has 0 fully saturated rings. The molecule has 0 radical (unpaired) electrons. The van der Waals surface area contributed by atoms with Gasteiger partial charge in [-0.3, -0.25) is 4.79 Å². The standard InChI is InChI=1S/C14H18N2O3/c1-4-15-14-12(7-8-13(18)16-14)11(3)19-9-5-6-10(2)17/h4-6,9,17H,3,7-8H2,1-2H3,(H,16,18)/p-1/b9-5+,10-6+,15-4?. The Balaban J connectivity index is 2.78. The van der Waals surface area contributed by atoms with Gasteiger partial charge < -0.3 is 15.2 Å². The summed E-state index contributed by atoms with van der Waals surface area (Å²) in [6.07, 6.45) is 6.76. The van der Waals surface area contributed by atoms with Crippen molar-refractivity contribution in [2.45, 2.75) is 26.7 Å². The van der Waals surface area contributed by atoms with E-state index in [1.807, 2.05) is 0 Å². The summed E-state index contributed by atoms with van der Waals surface area (Å²) in [6.45, 7) is 7.01. The van der Waals surface area contributed by atoms with Gasteiger partial charge in [-0.25, -0.2) is 4.99 Å². The van der Waals surface area contributed by atoms with Crippen LogP contribution >= 0.6 is 0 Å². The Labute approximate surface area is 112 Å². The van der Waals surface area contributed by atoms with Crippen molar-refractivity contribution in [1.29, 1.82) is 0 Å². The third-order valence-corrected chi connectivity index (χ3v) is 2.36. The first-order chi connectivity index (χ1) is 9.04. The minimum atomic E-state index is -0.0717. The van der Waals surface area contributed by atoms with Crippen LogP contribution in [0.4, 0.5) is 0 Å². The Morgan fingerprint density at radius 2 is 2.26 bits per heavy atom. The molecule has 102 valence electrons. The molecule has 0 aliphatic carbocycles. The predicted molar refractivity (Wildman–Crippen MR) is 71.7 cm³/mol. The largest absolute Gasteiger partial charge is 0.876 e. The number of aliphatic imine (C=N–C) groups is 1. The summed E-state index contributed by atoms with van der Waals surface area (Å²) in [6, 6.07) is 0. The Kier molecular flexibility index (Phi) is 5.60. The van der Waals surface area contributed by atoms with E-state index in [1.165, 1.54) is 25.3 Å². The number of carbonyl (C=O) groups excluding carboxylic acids is 1. The van der Waals surface area contributed by atoms with Gasteiger partial charge in [-0.15, -0.1) is 5.76 Å². The molecule has 1 aliphatic heterocycles. The van der Waals surface area contributed by atoms with E-state index in [0.717, 1.165) is 5.57 Å². The van der Waals surface area contributed by atoms with Gasteiger partial charge in [-0.2, -0.15) is 0 Å². The average Bonchev–Trinajstić information content (AvgIpc) is 2.35. The van der Waals surface area contributed by atoms with Crippen LogP contribution in [0.1, 0.15) is 26.7 Å². The van der Waals surface area contributed by atoms with Crippen molar-refractivity contribution in [3.63, 3.8) is 0 Å². The lowest BCUT2D eigenvalue weighted by Crippen LogP contribution is -2.27. The molecule has 1 heterocycles. The smallest absolute Gasteiger partial charge is 0.225 e. The van der Waals surface area contributed by atoms with Crippen LogP contribution in [0.2, 0.25) is 0 Å². The second-order valence-electron chi connectivity index (χ2n) is 3.91. The molecule has 1 N–H and O–H groups in total. The maximum absolute atomic E-state index is 11.3. The number of carbonyl (C=O) groups is 1. The van der Waals surface area contributed by atoms with Crippen LogP contribution in [-0.4, -0.2) is 12.1 Å². The number of rotatable bonds is 5. The zero-order valence-electron chi connectivity index (χ0n) is 11.1. The lowest BCUT2D eigenvalue weighted by Gasteiger charge is -2.18. The zero-order valence-corrected chi connectivity index (χ0v) is 11.1. The van der Waals surface area contributed by atoms with Gasteiger partial charge >= 0.3 is 0 Å². The van der Waals surface area contributed by atoms with E-state index in [9.17, 15) is 9.90 Å². The minimum Gasteiger partial charge on any atom is -0.876 e. The number of nitrogens with zero attached hydrogens (tertiary/aromatic N) is 1. The van der Waals surface area contributed by atoms with Crippen LogP contribution in [0.15, 0.2) is 52.9 Å². The van der Waals surface area contributed by atoms with Gasteiger partial charge in [-0.1, -0.05) is 19.6 Å². The maximum Gasteiger partial charge on any atom is 0.225 e. The third-order valence-electron chi connectivity index (χ3n) is 2.36. The summed E-state index contributed by atoms with van der Waals surface area (Å²) in [5.74, 6) is 0.741. The van der Waals surface area contributed by atoms with Crippen LogP contribution in [0.3, 0.4) is 0 Å². The normalized spacial score (nSPS) is 17.2. The molecule has 5 heteroatoms. The number of hydrogen-bond donors (Lipinski definition) is 1. The monoisotopic (exact) mass is 261 g/mol. The Morgan fingerprint density at radius 1 is 1.53 bits per heavy atom. The molecule has 0 saturated heterocycles. The van der Waals surface area contributed by atoms with Gasteiger partial charge in [0.05, 0.1) is 6.26 Å². The van der Waals surface area contributed by atoms with Crippen molar-refractivity contribution in [3.8, 4) is 0 Å². The highest BCUT2D eigenvalue weighted by molar-refractivity contribution is 5.80. The molecule has 1 aliphatic rings. The summed E-state index contributed by atoms with van der Waals surface area (Å²) in [7, 11) is 0. The minimum absolute atomic E-state index is 0.0640. The average molecular weight is 261 g/mol. The number of amides is 1. The fraction of sp³-hybridized carbons (Fsp3) is 0.286. The van der Waals surface area contributed by atoms with Crippen LogP contribution in [0.25, 0.3) is 0 Å². The summed E-state index contributed by atoms with van der Waals surface area (Å²) in [4.78, 5) is 15.4. The molecule has 0 aromatic carbocycles. The molecule has 1 amide bonds. The molecule has 0 unspecified atom stereocenters. The summed E-state index contributed by atoms with van der Waals surface area (Å²) in [5, 5.41) is 13.4. The highest BCUT2D eigenvalue weighted by atomic mass is 16.5. The van der Waals surface area contributed by atoms with E-state index in [4.69, 9.17) is 4.74 Å². The lowest BCUT2D eigenvalue weighted by molar-refractivity contribution is -0.301. The van der Waals surface area contributed by atoms with Gasteiger partial charge in [0.25, 0.3) is 0 Å². The Morgan fingerprint density at radius 3 is 2.89 bits per heavy atom. The van der Waals surface area contributed by atoms with Crippen LogP contribution in [0.5, 0.6) is 0 Å². The van der Waals surface area contributed by atoms with Gasteiger partial charge in [0.15, 0.2) is 0 Å². The highest BCUT2D eigenvalue weighted by Crippen LogP contribution is 2.23.